The summed E-state index contributed by atoms with van der Waals surface area (Å²) in [6, 6.07) is 10.2. The number of ether oxygens (including phenoxy) is 2. The first kappa shape index (κ1) is 17.2. The first-order chi connectivity index (χ1) is 12.2. The second-order valence-electron chi connectivity index (χ2n) is 5.84. The third-order valence-corrected chi connectivity index (χ3v) is 4.04. The normalized spacial score (nSPS) is 20.0. The summed E-state index contributed by atoms with van der Waals surface area (Å²) in [5.74, 6) is 0.394. The standard InChI is InChI=1S/C18H21N3O4/c22-16(7-11-21-10-4-2-6-18(21)23)20-14-8-12-24-13-15(14)25-17-5-1-3-9-19-17/h1-6,9-10,14-15H,7-8,11-13H2,(H,20,22)/t14-,15-/m1/s1. The van der Waals surface area contributed by atoms with Gasteiger partial charge in [0.2, 0.25) is 11.8 Å². The average Bonchev–Trinajstić information content (AvgIpc) is 2.64. The number of amides is 1. The summed E-state index contributed by atoms with van der Waals surface area (Å²) in [4.78, 5) is 28.1. The molecule has 0 bridgehead atoms. The van der Waals surface area contributed by atoms with Gasteiger partial charge in [-0.15, -0.1) is 0 Å². The molecule has 1 aliphatic rings. The van der Waals surface area contributed by atoms with Crippen LogP contribution in [0.2, 0.25) is 0 Å². The Morgan fingerprint density at radius 3 is 3.00 bits per heavy atom. The van der Waals surface area contributed by atoms with Crippen LogP contribution in [0, 0.1) is 0 Å². The maximum absolute atomic E-state index is 12.3. The van der Waals surface area contributed by atoms with Crippen LogP contribution in [0.5, 0.6) is 5.88 Å². The molecular formula is C18H21N3O4. The van der Waals surface area contributed by atoms with Crippen molar-refractivity contribution in [2.75, 3.05) is 13.2 Å². The van der Waals surface area contributed by atoms with E-state index in [4.69, 9.17) is 9.47 Å². The third-order valence-electron chi connectivity index (χ3n) is 4.04. The number of nitrogens with one attached hydrogen (secondary N) is 1. The predicted molar refractivity (Wildman–Crippen MR) is 91.3 cm³/mol. The monoisotopic (exact) mass is 343 g/mol. The van der Waals surface area contributed by atoms with E-state index in [0.29, 0.717) is 32.1 Å². The highest BCUT2D eigenvalue weighted by molar-refractivity contribution is 5.76. The number of hydrogen-bond acceptors (Lipinski definition) is 5. The van der Waals surface area contributed by atoms with Gasteiger partial charge >= 0.3 is 0 Å². The van der Waals surface area contributed by atoms with Crippen LogP contribution < -0.4 is 15.6 Å². The molecule has 1 amide bonds. The van der Waals surface area contributed by atoms with Crippen LogP contribution in [0.4, 0.5) is 0 Å². The quantitative estimate of drug-likeness (QED) is 0.846. The molecule has 1 N–H and O–H groups in total. The van der Waals surface area contributed by atoms with Crippen molar-refractivity contribution in [3.8, 4) is 5.88 Å². The highest BCUT2D eigenvalue weighted by Gasteiger charge is 2.29. The molecule has 3 heterocycles. The summed E-state index contributed by atoms with van der Waals surface area (Å²) >= 11 is 0. The summed E-state index contributed by atoms with van der Waals surface area (Å²) in [5, 5.41) is 2.99. The van der Waals surface area contributed by atoms with Crippen molar-refractivity contribution in [2.45, 2.75) is 31.5 Å². The number of aromatic nitrogens is 2. The number of hydrogen-bond donors (Lipinski definition) is 1. The first-order valence-corrected chi connectivity index (χ1v) is 8.32. The molecule has 132 valence electrons. The SMILES string of the molecule is O=C(CCn1ccccc1=O)N[C@@H]1CCOC[C@H]1Oc1ccccn1. The van der Waals surface area contributed by atoms with Gasteiger partial charge in [-0.3, -0.25) is 9.59 Å². The van der Waals surface area contributed by atoms with E-state index < -0.39 is 0 Å². The lowest BCUT2D eigenvalue weighted by molar-refractivity contribution is -0.124. The fourth-order valence-electron chi connectivity index (χ4n) is 2.71. The van der Waals surface area contributed by atoms with Gasteiger partial charge in [-0.2, -0.15) is 0 Å². The second-order valence-corrected chi connectivity index (χ2v) is 5.84. The molecule has 2 aromatic rings. The van der Waals surface area contributed by atoms with Crippen LogP contribution in [0.15, 0.2) is 53.6 Å². The molecule has 0 unspecified atom stereocenters. The smallest absolute Gasteiger partial charge is 0.250 e. The molecule has 1 fully saturated rings. The second kappa shape index (κ2) is 8.43. The van der Waals surface area contributed by atoms with Gasteiger partial charge in [0.1, 0.15) is 6.10 Å². The molecule has 7 nitrogen and oxygen atoms in total. The molecule has 2 atom stereocenters. The van der Waals surface area contributed by atoms with Gasteiger partial charge < -0.3 is 19.4 Å². The molecule has 25 heavy (non-hydrogen) atoms. The zero-order valence-electron chi connectivity index (χ0n) is 13.8. The highest BCUT2D eigenvalue weighted by Crippen LogP contribution is 2.15. The maximum atomic E-state index is 12.3. The van der Waals surface area contributed by atoms with Gasteiger partial charge in [-0.1, -0.05) is 12.1 Å². The lowest BCUT2D eigenvalue weighted by Crippen LogP contribution is -2.51. The summed E-state index contributed by atoms with van der Waals surface area (Å²) in [6.07, 6.45) is 3.96. The molecule has 2 aromatic heterocycles. The first-order valence-electron chi connectivity index (χ1n) is 8.32. The molecule has 0 aliphatic carbocycles. The van der Waals surface area contributed by atoms with E-state index in [2.05, 4.69) is 10.3 Å². The van der Waals surface area contributed by atoms with E-state index >= 15 is 0 Å². The zero-order valence-corrected chi connectivity index (χ0v) is 13.8. The third kappa shape index (κ3) is 4.90. The lowest BCUT2D eigenvalue weighted by atomic mass is 10.1. The molecule has 0 radical (unpaired) electrons. The van der Waals surface area contributed by atoms with Crippen LogP contribution in [-0.4, -0.2) is 40.8 Å². The van der Waals surface area contributed by atoms with E-state index in [9.17, 15) is 9.59 Å². The molecular weight excluding hydrogens is 322 g/mol. The van der Waals surface area contributed by atoms with Gasteiger partial charge in [-0.25, -0.2) is 4.98 Å². The summed E-state index contributed by atoms with van der Waals surface area (Å²) in [6.45, 7) is 1.32. The fourth-order valence-corrected chi connectivity index (χ4v) is 2.71. The number of aryl methyl sites for hydroxylation is 1. The number of nitrogens with zero attached hydrogens (tertiary/aromatic N) is 2. The van der Waals surface area contributed by atoms with Gasteiger partial charge in [0.15, 0.2) is 0 Å². The Morgan fingerprint density at radius 1 is 1.32 bits per heavy atom. The van der Waals surface area contributed by atoms with Gasteiger partial charge in [0, 0.05) is 44.1 Å². The lowest BCUT2D eigenvalue weighted by Gasteiger charge is -2.32. The van der Waals surface area contributed by atoms with Crippen molar-refractivity contribution in [3.63, 3.8) is 0 Å². The van der Waals surface area contributed by atoms with E-state index in [1.165, 1.54) is 10.6 Å². The maximum Gasteiger partial charge on any atom is 0.250 e. The van der Waals surface area contributed by atoms with Crippen molar-refractivity contribution in [1.82, 2.24) is 14.9 Å². The van der Waals surface area contributed by atoms with Crippen molar-refractivity contribution in [3.05, 3.63) is 59.1 Å². The van der Waals surface area contributed by atoms with Gasteiger partial charge in [-0.05, 0) is 18.6 Å². The number of carbonyl (C=O) groups excluding carboxylic acids is 1. The molecule has 7 heteroatoms. The minimum absolute atomic E-state index is 0.113. The summed E-state index contributed by atoms with van der Waals surface area (Å²) in [5.41, 5.74) is -0.113. The average molecular weight is 343 g/mol. The van der Waals surface area contributed by atoms with Crippen LogP contribution in [0.3, 0.4) is 0 Å². The minimum atomic E-state index is -0.285. The Hall–Kier alpha value is -2.67. The fraction of sp³-hybridized carbons (Fsp3) is 0.389. The number of rotatable bonds is 6. The molecule has 3 rings (SSSR count). The minimum Gasteiger partial charge on any atom is -0.470 e. The molecule has 0 aromatic carbocycles. The molecule has 0 saturated carbocycles. The molecule has 0 spiro atoms. The van der Waals surface area contributed by atoms with Crippen LogP contribution in [-0.2, 0) is 16.1 Å². The van der Waals surface area contributed by atoms with E-state index in [1.54, 1.807) is 30.6 Å². The Bertz CT molecular complexity index is 747. The van der Waals surface area contributed by atoms with Gasteiger partial charge in [0.25, 0.3) is 5.56 Å². The van der Waals surface area contributed by atoms with Crippen LogP contribution >= 0.6 is 0 Å². The van der Waals surface area contributed by atoms with E-state index in [0.717, 1.165) is 0 Å². The predicted octanol–water partition coefficient (Wildman–Crippen LogP) is 0.986. The Kier molecular flexibility index (Phi) is 5.79. The summed E-state index contributed by atoms with van der Waals surface area (Å²) < 4.78 is 12.8. The Morgan fingerprint density at radius 2 is 2.20 bits per heavy atom. The van der Waals surface area contributed by atoms with Crippen molar-refractivity contribution >= 4 is 5.91 Å². The topological polar surface area (TPSA) is 82.5 Å². The molecule has 1 saturated heterocycles. The highest BCUT2D eigenvalue weighted by atomic mass is 16.5. The van der Waals surface area contributed by atoms with E-state index in [-0.39, 0.29) is 30.0 Å². The molecule has 1 aliphatic heterocycles. The van der Waals surface area contributed by atoms with Crippen LogP contribution in [0.25, 0.3) is 0 Å². The van der Waals surface area contributed by atoms with Crippen molar-refractivity contribution < 1.29 is 14.3 Å². The van der Waals surface area contributed by atoms with Crippen molar-refractivity contribution in [1.29, 1.82) is 0 Å². The van der Waals surface area contributed by atoms with E-state index in [1.807, 2.05) is 12.1 Å². The van der Waals surface area contributed by atoms with Crippen molar-refractivity contribution in [2.24, 2.45) is 0 Å². The summed E-state index contributed by atoms with van der Waals surface area (Å²) in [7, 11) is 0. The van der Waals surface area contributed by atoms with Gasteiger partial charge in [0.05, 0.1) is 12.6 Å². The zero-order chi connectivity index (χ0) is 17.5. The largest absolute Gasteiger partial charge is 0.470 e. The number of carbonyl (C=O) groups is 1. The number of pyridine rings is 2. The van der Waals surface area contributed by atoms with Crippen LogP contribution in [0.1, 0.15) is 12.8 Å². The Balaban J connectivity index is 1.55. The Labute approximate surface area is 145 Å².